The minimum absolute atomic E-state index is 0.151. The Morgan fingerprint density at radius 2 is 2.29 bits per heavy atom. The Kier molecular flexibility index (Phi) is 4.54. The van der Waals surface area contributed by atoms with Crippen LogP contribution in [-0.4, -0.2) is 46.6 Å². The van der Waals surface area contributed by atoms with Crippen molar-refractivity contribution in [2.45, 2.75) is 45.4 Å². The number of hydrogen-bond donors (Lipinski definition) is 1. The standard InChI is InChI=1S/C15H24N4OS/c1-2-5-12-13(21-18-17-12)14(20)19-9-4-7-15(11-19)6-3-8-16-10-15/h16H,2-11H2,1H3. The van der Waals surface area contributed by atoms with Crippen LogP contribution < -0.4 is 5.32 Å². The van der Waals surface area contributed by atoms with E-state index in [0.29, 0.717) is 5.41 Å². The number of nitrogens with zero attached hydrogens (tertiary/aromatic N) is 3. The predicted molar refractivity (Wildman–Crippen MR) is 83.6 cm³/mol. The largest absolute Gasteiger partial charge is 0.337 e. The van der Waals surface area contributed by atoms with Crippen LogP contribution in [-0.2, 0) is 6.42 Å². The second kappa shape index (κ2) is 6.40. The van der Waals surface area contributed by atoms with Gasteiger partial charge in [0.15, 0.2) is 0 Å². The molecule has 116 valence electrons. The first-order valence-corrected chi connectivity index (χ1v) is 8.83. The molecule has 0 aliphatic carbocycles. The van der Waals surface area contributed by atoms with Gasteiger partial charge in [-0.15, -0.1) is 5.10 Å². The van der Waals surface area contributed by atoms with E-state index in [2.05, 4.69) is 21.8 Å². The van der Waals surface area contributed by atoms with Crippen molar-refractivity contribution in [3.63, 3.8) is 0 Å². The van der Waals surface area contributed by atoms with Crippen molar-refractivity contribution in [3.8, 4) is 0 Å². The number of hydrogen-bond acceptors (Lipinski definition) is 5. The van der Waals surface area contributed by atoms with E-state index in [1.54, 1.807) is 0 Å². The molecule has 2 saturated heterocycles. The molecule has 1 spiro atoms. The molecule has 1 N–H and O–H groups in total. The maximum absolute atomic E-state index is 12.8. The fourth-order valence-corrected chi connectivity index (χ4v) is 4.35. The molecule has 1 aromatic rings. The molecule has 21 heavy (non-hydrogen) atoms. The summed E-state index contributed by atoms with van der Waals surface area (Å²) in [6.07, 6.45) is 6.67. The van der Waals surface area contributed by atoms with E-state index in [9.17, 15) is 4.79 Å². The second-order valence-corrected chi connectivity index (χ2v) is 7.16. The van der Waals surface area contributed by atoms with Gasteiger partial charge in [-0.05, 0) is 50.2 Å². The highest BCUT2D eigenvalue weighted by molar-refractivity contribution is 7.08. The van der Waals surface area contributed by atoms with Gasteiger partial charge in [0.25, 0.3) is 5.91 Å². The lowest BCUT2D eigenvalue weighted by molar-refractivity contribution is 0.0437. The normalized spacial score (nSPS) is 26.2. The first-order chi connectivity index (χ1) is 10.2. The highest BCUT2D eigenvalue weighted by atomic mass is 32.1. The van der Waals surface area contributed by atoms with Gasteiger partial charge in [0, 0.05) is 25.0 Å². The number of rotatable bonds is 3. The number of likely N-dealkylation sites (tertiary alicyclic amines) is 1. The molecule has 2 aliphatic rings. The fraction of sp³-hybridized carbons (Fsp3) is 0.800. The summed E-state index contributed by atoms with van der Waals surface area (Å²) in [6, 6.07) is 0. The molecule has 1 unspecified atom stereocenters. The molecule has 2 aliphatic heterocycles. The van der Waals surface area contributed by atoms with Crippen molar-refractivity contribution < 1.29 is 4.79 Å². The molecular weight excluding hydrogens is 284 g/mol. The van der Waals surface area contributed by atoms with Crippen LogP contribution in [0.5, 0.6) is 0 Å². The zero-order valence-electron chi connectivity index (χ0n) is 12.7. The lowest BCUT2D eigenvalue weighted by Gasteiger charge is -2.45. The average Bonchev–Trinajstić information content (AvgIpc) is 2.96. The summed E-state index contributed by atoms with van der Waals surface area (Å²) in [5.41, 5.74) is 1.18. The zero-order chi connectivity index (χ0) is 14.7. The molecule has 6 heteroatoms. The van der Waals surface area contributed by atoms with Crippen LogP contribution in [0.15, 0.2) is 0 Å². The predicted octanol–water partition coefficient (Wildman–Crippen LogP) is 2.10. The number of carbonyl (C=O) groups is 1. The lowest BCUT2D eigenvalue weighted by atomic mass is 9.74. The van der Waals surface area contributed by atoms with Gasteiger partial charge in [-0.3, -0.25) is 4.79 Å². The lowest BCUT2D eigenvalue weighted by Crippen LogP contribution is -2.52. The Hall–Kier alpha value is -1.01. The molecule has 3 rings (SSSR count). The van der Waals surface area contributed by atoms with Crippen molar-refractivity contribution in [3.05, 3.63) is 10.6 Å². The van der Waals surface area contributed by atoms with Crippen molar-refractivity contribution in [2.24, 2.45) is 5.41 Å². The van der Waals surface area contributed by atoms with Crippen LogP contribution in [0.1, 0.15) is 54.4 Å². The average molecular weight is 308 g/mol. The van der Waals surface area contributed by atoms with Crippen LogP contribution in [0, 0.1) is 5.41 Å². The molecule has 3 heterocycles. The minimum Gasteiger partial charge on any atom is -0.337 e. The Balaban J connectivity index is 1.73. The molecule has 0 aromatic carbocycles. The Labute approximate surface area is 130 Å². The van der Waals surface area contributed by atoms with Crippen LogP contribution >= 0.6 is 11.5 Å². The van der Waals surface area contributed by atoms with Gasteiger partial charge < -0.3 is 10.2 Å². The molecule has 0 bridgehead atoms. The SMILES string of the molecule is CCCc1nnsc1C(=O)N1CCCC2(CCCNC2)C1. The maximum Gasteiger partial charge on any atom is 0.267 e. The minimum atomic E-state index is 0.151. The summed E-state index contributed by atoms with van der Waals surface area (Å²) in [7, 11) is 0. The van der Waals surface area contributed by atoms with E-state index >= 15 is 0 Å². The summed E-state index contributed by atoms with van der Waals surface area (Å²) in [6.45, 7) is 6.05. The molecule has 0 saturated carbocycles. The van der Waals surface area contributed by atoms with Crippen molar-refractivity contribution in [1.82, 2.24) is 19.8 Å². The smallest absolute Gasteiger partial charge is 0.267 e. The highest BCUT2D eigenvalue weighted by Crippen LogP contribution is 2.36. The third-order valence-corrected chi connectivity index (χ3v) is 5.50. The fourth-order valence-electron chi connectivity index (χ4n) is 3.67. The third-order valence-electron chi connectivity index (χ3n) is 4.75. The number of aryl methyl sites for hydroxylation is 1. The van der Waals surface area contributed by atoms with Crippen molar-refractivity contribution >= 4 is 17.4 Å². The zero-order valence-corrected chi connectivity index (χ0v) is 13.5. The summed E-state index contributed by atoms with van der Waals surface area (Å²) >= 11 is 1.26. The molecule has 1 atom stereocenters. The van der Waals surface area contributed by atoms with Gasteiger partial charge in [-0.25, -0.2) is 0 Å². The van der Waals surface area contributed by atoms with Crippen LogP contribution in [0.25, 0.3) is 0 Å². The Morgan fingerprint density at radius 3 is 3.05 bits per heavy atom. The van der Waals surface area contributed by atoms with E-state index in [0.717, 1.165) is 56.0 Å². The number of carbonyl (C=O) groups excluding carboxylic acids is 1. The third kappa shape index (κ3) is 3.11. The molecule has 2 fully saturated rings. The van der Waals surface area contributed by atoms with Crippen LogP contribution in [0.2, 0.25) is 0 Å². The summed E-state index contributed by atoms with van der Waals surface area (Å²) in [5, 5.41) is 7.65. The van der Waals surface area contributed by atoms with Gasteiger partial charge >= 0.3 is 0 Å². The van der Waals surface area contributed by atoms with E-state index in [4.69, 9.17) is 0 Å². The van der Waals surface area contributed by atoms with Gasteiger partial charge in [0.2, 0.25) is 0 Å². The number of nitrogens with one attached hydrogen (secondary N) is 1. The first kappa shape index (κ1) is 14.9. The van der Waals surface area contributed by atoms with Crippen molar-refractivity contribution in [2.75, 3.05) is 26.2 Å². The van der Waals surface area contributed by atoms with E-state index < -0.39 is 0 Å². The van der Waals surface area contributed by atoms with Gasteiger partial charge in [-0.2, -0.15) is 0 Å². The monoisotopic (exact) mass is 308 g/mol. The molecule has 1 amide bonds. The van der Waals surface area contributed by atoms with Crippen molar-refractivity contribution in [1.29, 1.82) is 0 Å². The Bertz CT molecular complexity index is 490. The van der Waals surface area contributed by atoms with Gasteiger partial charge in [0.1, 0.15) is 4.88 Å². The quantitative estimate of drug-likeness (QED) is 0.929. The van der Waals surface area contributed by atoms with E-state index in [1.807, 2.05) is 4.90 Å². The number of aromatic nitrogens is 2. The molecule has 5 nitrogen and oxygen atoms in total. The number of amides is 1. The van der Waals surface area contributed by atoms with Crippen LogP contribution in [0.3, 0.4) is 0 Å². The summed E-state index contributed by atoms with van der Waals surface area (Å²) < 4.78 is 3.99. The van der Waals surface area contributed by atoms with Gasteiger partial charge in [-0.1, -0.05) is 17.8 Å². The van der Waals surface area contributed by atoms with Crippen LogP contribution in [0.4, 0.5) is 0 Å². The van der Waals surface area contributed by atoms with E-state index in [-0.39, 0.29) is 5.91 Å². The first-order valence-electron chi connectivity index (χ1n) is 8.05. The van der Waals surface area contributed by atoms with Gasteiger partial charge in [0.05, 0.1) is 5.69 Å². The maximum atomic E-state index is 12.8. The topological polar surface area (TPSA) is 58.1 Å². The highest BCUT2D eigenvalue weighted by Gasteiger charge is 2.38. The number of piperidine rings is 2. The Morgan fingerprint density at radius 1 is 1.43 bits per heavy atom. The molecular formula is C15H24N4OS. The molecule has 0 radical (unpaired) electrons. The summed E-state index contributed by atoms with van der Waals surface area (Å²) in [4.78, 5) is 15.6. The second-order valence-electron chi connectivity index (χ2n) is 6.41. The molecule has 1 aromatic heterocycles. The van der Waals surface area contributed by atoms with E-state index in [1.165, 1.54) is 30.8 Å². The summed E-state index contributed by atoms with van der Waals surface area (Å²) in [5.74, 6) is 0.151.